The molecule has 2 aromatic rings. The van der Waals surface area contributed by atoms with Crippen LogP contribution in [0.5, 0.6) is 0 Å². The number of amides is 3. The molecule has 0 spiro atoms. The van der Waals surface area contributed by atoms with Crippen LogP contribution in [0.3, 0.4) is 0 Å². The number of hydrogen-bond acceptors (Lipinski definition) is 6. The Kier molecular flexibility index (Phi) is 5.95. The third kappa shape index (κ3) is 3.56. The molecule has 3 amide bonds. The Morgan fingerprint density at radius 1 is 1.29 bits per heavy atom. The number of aliphatic hydroxyl groups is 1. The van der Waals surface area contributed by atoms with E-state index in [1.165, 1.54) is 15.8 Å². The van der Waals surface area contributed by atoms with Crippen molar-refractivity contribution in [3.8, 4) is 0 Å². The minimum Gasteiger partial charge on any atom is -0.361 e. The maximum Gasteiger partial charge on any atom is 0.281 e. The van der Waals surface area contributed by atoms with Crippen molar-refractivity contribution in [3.63, 3.8) is 0 Å². The molecule has 218 valence electrons. The normalized spacial score (nSPS) is 35.3. The number of rotatable bonds is 5. The van der Waals surface area contributed by atoms with Crippen LogP contribution < -0.4 is 5.32 Å². The molecule has 7 atom stereocenters. The summed E-state index contributed by atoms with van der Waals surface area (Å²) in [5, 5.41) is 16.2. The van der Waals surface area contributed by atoms with E-state index < -0.39 is 35.5 Å². The maximum absolute atomic E-state index is 14.2. The number of aromatic nitrogens is 1. The molecule has 10 heteroatoms. The molecule has 3 N–H and O–H groups in total. The molecular weight excluding hydrogens is 522 g/mol. The van der Waals surface area contributed by atoms with Crippen LogP contribution in [0.15, 0.2) is 30.5 Å². The minimum absolute atomic E-state index is 0.123. The topological polar surface area (TPSA) is 118 Å². The van der Waals surface area contributed by atoms with Crippen molar-refractivity contribution in [1.82, 2.24) is 25.0 Å². The number of nitrogens with one attached hydrogen (secondary N) is 2. The lowest BCUT2D eigenvalue weighted by Crippen LogP contribution is -2.72. The molecule has 7 rings (SSSR count). The lowest BCUT2D eigenvalue weighted by atomic mass is 9.79. The lowest BCUT2D eigenvalue weighted by Gasteiger charge is -2.50. The number of fused-ring (bicyclic) bond motifs is 5. The number of benzene rings is 1. The van der Waals surface area contributed by atoms with Crippen LogP contribution in [0, 0.1) is 11.8 Å². The molecule has 41 heavy (non-hydrogen) atoms. The smallest absolute Gasteiger partial charge is 0.281 e. The van der Waals surface area contributed by atoms with Gasteiger partial charge in [0.15, 0.2) is 0 Å². The largest absolute Gasteiger partial charge is 0.361 e. The van der Waals surface area contributed by atoms with Crippen LogP contribution in [0.4, 0.5) is 0 Å². The number of nitrogens with zero attached hydrogens (tertiary/aromatic N) is 3. The molecule has 1 aromatic carbocycles. The van der Waals surface area contributed by atoms with Crippen LogP contribution in [0.1, 0.15) is 57.6 Å². The van der Waals surface area contributed by atoms with Gasteiger partial charge in [0.2, 0.25) is 17.5 Å². The van der Waals surface area contributed by atoms with Crippen LogP contribution in [-0.4, -0.2) is 92.4 Å². The number of hydrogen-bond donors (Lipinski definition) is 3. The van der Waals surface area contributed by atoms with Gasteiger partial charge >= 0.3 is 0 Å². The average Bonchev–Trinajstić information content (AvgIpc) is 3.68. The third-order valence-corrected chi connectivity index (χ3v) is 10.3. The molecule has 4 aliphatic heterocycles. The quantitative estimate of drug-likeness (QED) is 0.515. The summed E-state index contributed by atoms with van der Waals surface area (Å²) in [5.74, 6) is -3.73. The first kappa shape index (κ1) is 26.7. The predicted octanol–water partition coefficient (Wildman–Crippen LogP) is 2.18. The Morgan fingerprint density at radius 2 is 2.10 bits per heavy atom. The molecule has 1 aliphatic carbocycles. The Hall–Kier alpha value is -3.21. The number of carbonyl (C=O) groups excluding carboxylic acids is 3. The summed E-state index contributed by atoms with van der Waals surface area (Å²) in [6.07, 6.45) is 7.01. The van der Waals surface area contributed by atoms with Gasteiger partial charge in [-0.3, -0.25) is 28.9 Å². The fourth-order valence-electron chi connectivity index (χ4n) is 7.96. The van der Waals surface area contributed by atoms with Gasteiger partial charge in [-0.05, 0) is 55.0 Å². The molecule has 0 radical (unpaired) electrons. The van der Waals surface area contributed by atoms with E-state index >= 15 is 0 Å². The third-order valence-electron chi connectivity index (χ3n) is 10.3. The van der Waals surface area contributed by atoms with Crippen molar-refractivity contribution >= 4 is 34.2 Å². The van der Waals surface area contributed by atoms with E-state index in [2.05, 4.69) is 33.5 Å². The van der Waals surface area contributed by atoms with Crippen LogP contribution in [-0.2, 0) is 25.5 Å². The number of ether oxygens (including phenoxy) is 1. The number of piperazine rings is 1. The van der Waals surface area contributed by atoms with Gasteiger partial charge in [0.05, 0.1) is 5.92 Å². The van der Waals surface area contributed by atoms with E-state index in [-0.39, 0.29) is 30.2 Å². The minimum atomic E-state index is -1.99. The van der Waals surface area contributed by atoms with E-state index in [0.717, 1.165) is 29.5 Å². The first-order chi connectivity index (χ1) is 19.6. The van der Waals surface area contributed by atoms with Gasteiger partial charge in [0.25, 0.3) is 11.8 Å². The van der Waals surface area contributed by atoms with Crippen molar-refractivity contribution in [2.24, 2.45) is 11.8 Å². The molecule has 3 saturated heterocycles. The van der Waals surface area contributed by atoms with E-state index in [1.54, 1.807) is 11.8 Å². The van der Waals surface area contributed by atoms with Crippen molar-refractivity contribution in [2.75, 3.05) is 20.1 Å². The molecule has 5 heterocycles. The molecular formula is C31H39N5O5. The highest BCUT2D eigenvalue weighted by Crippen LogP contribution is 2.48. The SMILES string of the molecule is CC[C@H](C)[C@@H]1C(=O)N2CCC[C@H]2[C@]2(O)O[C@@](CC)(NC(=O)[C@@H]3C=C4c5cccc6[nH]cc(c56)C[C@@H]4N(C)C3)C(=O)N12. The summed E-state index contributed by atoms with van der Waals surface area (Å²) < 4.78 is 6.33. The first-order valence-electron chi connectivity index (χ1n) is 15.0. The van der Waals surface area contributed by atoms with Gasteiger partial charge in [-0.15, -0.1) is 0 Å². The van der Waals surface area contributed by atoms with Crippen LogP contribution >= 0.6 is 0 Å². The maximum atomic E-state index is 14.2. The van der Waals surface area contributed by atoms with Crippen molar-refractivity contribution < 1.29 is 24.2 Å². The fraction of sp³-hybridized carbons (Fsp3) is 0.581. The molecule has 5 aliphatic rings. The highest BCUT2D eigenvalue weighted by Gasteiger charge is 2.71. The number of aromatic amines is 1. The van der Waals surface area contributed by atoms with Gasteiger partial charge < -0.3 is 20.3 Å². The summed E-state index contributed by atoms with van der Waals surface area (Å²) >= 11 is 0. The standard InChI is InChI=1S/C31H39N5O5/c1-5-17(3)26-28(38)35-12-8-11-24(35)31(40)36(26)29(39)30(6-2,41-31)33-27(37)19-13-21-20-9-7-10-22-25(20)18(15-32-22)14-23(21)34(4)16-19/h7,9-10,13,15,17,19,23-24,26,32,40H,5-6,8,11-12,14,16H2,1-4H3,(H,33,37)/t17-,19+,23-,24-,26+,30+,31-/m0/s1. The fourth-order valence-corrected chi connectivity index (χ4v) is 7.96. The van der Waals surface area contributed by atoms with Crippen LogP contribution in [0.25, 0.3) is 16.5 Å². The summed E-state index contributed by atoms with van der Waals surface area (Å²) in [4.78, 5) is 50.3. The van der Waals surface area contributed by atoms with Gasteiger partial charge in [0, 0.05) is 42.7 Å². The van der Waals surface area contributed by atoms with Gasteiger partial charge in [-0.25, -0.2) is 0 Å². The van der Waals surface area contributed by atoms with Gasteiger partial charge in [-0.2, -0.15) is 0 Å². The van der Waals surface area contributed by atoms with Gasteiger partial charge in [0.1, 0.15) is 12.1 Å². The first-order valence-corrected chi connectivity index (χ1v) is 15.0. The molecule has 0 saturated carbocycles. The molecule has 0 bridgehead atoms. The average molecular weight is 562 g/mol. The van der Waals surface area contributed by atoms with Crippen LogP contribution in [0.2, 0.25) is 0 Å². The van der Waals surface area contributed by atoms with E-state index in [4.69, 9.17) is 4.74 Å². The summed E-state index contributed by atoms with van der Waals surface area (Å²) in [6, 6.07) is 4.85. The highest BCUT2D eigenvalue weighted by atomic mass is 16.7. The summed E-state index contributed by atoms with van der Waals surface area (Å²) in [5.41, 5.74) is 2.84. The van der Waals surface area contributed by atoms with Crippen molar-refractivity contribution in [2.45, 2.75) is 82.6 Å². The second-order valence-corrected chi connectivity index (χ2v) is 12.6. The molecule has 3 fully saturated rings. The van der Waals surface area contributed by atoms with Crippen molar-refractivity contribution in [1.29, 1.82) is 0 Å². The Balaban J connectivity index is 1.23. The highest BCUT2D eigenvalue weighted by molar-refractivity contribution is 6.01. The zero-order chi connectivity index (χ0) is 28.8. The molecule has 1 aromatic heterocycles. The molecule has 0 unspecified atom stereocenters. The van der Waals surface area contributed by atoms with E-state index in [0.29, 0.717) is 25.9 Å². The second-order valence-electron chi connectivity index (χ2n) is 12.6. The summed E-state index contributed by atoms with van der Waals surface area (Å²) in [7, 11) is 2.03. The zero-order valence-electron chi connectivity index (χ0n) is 24.1. The Labute approximate surface area is 239 Å². The number of likely N-dealkylation sites (N-methyl/N-ethyl adjacent to an activating group) is 1. The zero-order valence-corrected chi connectivity index (χ0v) is 24.1. The lowest BCUT2D eigenvalue weighted by molar-refractivity contribution is -0.319. The number of H-pyrrole nitrogens is 1. The monoisotopic (exact) mass is 561 g/mol. The van der Waals surface area contributed by atoms with Crippen molar-refractivity contribution in [3.05, 3.63) is 41.6 Å². The van der Waals surface area contributed by atoms with E-state index in [9.17, 15) is 19.5 Å². The Morgan fingerprint density at radius 3 is 2.85 bits per heavy atom. The number of carbonyl (C=O) groups is 3. The Bertz CT molecular complexity index is 1480. The molecule has 10 nitrogen and oxygen atoms in total. The van der Waals surface area contributed by atoms with Gasteiger partial charge in [-0.1, -0.05) is 45.4 Å². The predicted molar refractivity (Wildman–Crippen MR) is 152 cm³/mol. The second kappa shape index (κ2) is 9.14. The van der Waals surface area contributed by atoms with E-state index in [1.807, 2.05) is 33.0 Å². The summed E-state index contributed by atoms with van der Waals surface area (Å²) in [6.45, 7) is 6.66.